The molecule has 0 unspecified atom stereocenters. The molecule has 2 aromatic rings. The van der Waals surface area contributed by atoms with Crippen molar-refractivity contribution >= 4 is 16.8 Å². The number of ether oxygens (including phenoxy) is 1. The van der Waals surface area contributed by atoms with Crippen molar-refractivity contribution in [3.05, 3.63) is 36.0 Å². The third-order valence-electron chi connectivity index (χ3n) is 5.34. The molecule has 1 N–H and O–H groups in total. The van der Waals surface area contributed by atoms with E-state index in [9.17, 15) is 4.79 Å². The van der Waals surface area contributed by atoms with Gasteiger partial charge in [0.1, 0.15) is 5.69 Å². The molecule has 1 amide bonds. The largest absolute Gasteiger partial charge is 0.379 e. The number of aromatic nitrogens is 1. The summed E-state index contributed by atoms with van der Waals surface area (Å²) in [4.78, 5) is 20.6. The summed E-state index contributed by atoms with van der Waals surface area (Å²) in [5.74, 6) is 0.108. The topological polar surface area (TPSA) is 48.6 Å². The molecule has 2 saturated heterocycles. The minimum absolute atomic E-state index is 0.0746. The summed E-state index contributed by atoms with van der Waals surface area (Å²) in [6.45, 7) is 5.13. The first kappa shape index (κ1) is 15.7. The van der Waals surface area contributed by atoms with E-state index in [1.165, 1.54) is 0 Å². The van der Waals surface area contributed by atoms with Gasteiger partial charge in [0, 0.05) is 42.5 Å². The molecule has 1 spiro atoms. The Morgan fingerprint density at radius 2 is 2.12 bits per heavy atom. The van der Waals surface area contributed by atoms with Crippen molar-refractivity contribution in [2.45, 2.75) is 12.8 Å². The van der Waals surface area contributed by atoms with E-state index in [2.05, 4.69) is 16.9 Å². The van der Waals surface area contributed by atoms with Crippen molar-refractivity contribution in [1.82, 2.24) is 14.8 Å². The Bertz CT molecular complexity index is 708. The molecule has 5 heteroatoms. The fourth-order valence-corrected chi connectivity index (χ4v) is 4.19. The first-order valence-electron chi connectivity index (χ1n) is 8.79. The molecule has 3 heterocycles. The van der Waals surface area contributed by atoms with Crippen LogP contribution in [0, 0.1) is 5.41 Å². The van der Waals surface area contributed by atoms with Crippen LogP contribution in [-0.4, -0.2) is 67.1 Å². The number of nitrogens with one attached hydrogen (secondary N) is 1. The van der Waals surface area contributed by atoms with Crippen LogP contribution in [-0.2, 0) is 4.74 Å². The second-order valence-corrected chi connectivity index (χ2v) is 7.39. The maximum Gasteiger partial charge on any atom is 0.270 e. The number of benzene rings is 1. The third-order valence-corrected chi connectivity index (χ3v) is 5.34. The number of hydrogen-bond donors (Lipinski definition) is 1. The Kier molecular flexibility index (Phi) is 4.06. The van der Waals surface area contributed by atoms with Crippen LogP contribution in [0.1, 0.15) is 23.3 Å². The predicted molar refractivity (Wildman–Crippen MR) is 94.2 cm³/mol. The maximum atomic E-state index is 13.0. The highest BCUT2D eigenvalue weighted by atomic mass is 16.5. The number of piperidine rings is 1. The monoisotopic (exact) mass is 327 g/mol. The summed E-state index contributed by atoms with van der Waals surface area (Å²) in [7, 11) is 2.15. The van der Waals surface area contributed by atoms with Crippen molar-refractivity contribution in [2.75, 3.05) is 46.4 Å². The number of likely N-dealkylation sites (N-methyl/N-ethyl adjacent to an activating group) is 1. The van der Waals surface area contributed by atoms with Gasteiger partial charge in [-0.05, 0) is 32.0 Å². The molecule has 5 nitrogen and oxygen atoms in total. The van der Waals surface area contributed by atoms with Crippen molar-refractivity contribution in [2.24, 2.45) is 5.41 Å². The molecule has 24 heavy (non-hydrogen) atoms. The second-order valence-electron chi connectivity index (χ2n) is 7.39. The lowest BCUT2D eigenvalue weighted by Gasteiger charge is -2.43. The summed E-state index contributed by atoms with van der Waals surface area (Å²) in [6, 6.07) is 10.0. The van der Waals surface area contributed by atoms with E-state index in [1.807, 2.05) is 35.2 Å². The SMILES string of the molecule is CN1CCOC[C@]2(CCCN(C(=O)c3cc4ccccc4[nH]3)C2)C1. The number of fused-ring (bicyclic) bond motifs is 1. The van der Waals surface area contributed by atoms with Gasteiger partial charge in [0.05, 0.1) is 13.2 Å². The van der Waals surface area contributed by atoms with E-state index >= 15 is 0 Å². The van der Waals surface area contributed by atoms with Gasteiger partial charge >= 0.3 is 0 Å². The average molecular weight is 327 g/mol. The van der Waals surface area contributed by atoms with Gasteiger partial charge in [-0.25, -0.2) is 0 Å². The Balaban J connectivity index is 1.55. The van der Waals surface area contributed by atoms with Crippen LogP contribution in [0.15, 0.2) is 30.3 Å². The quantitative estimate of drug-likeness (QED) is 0.875. The number of carbonyl (C=O) groups excluding carboxylic acids is 1. The fraction of sp³-hybridized carbons (Fsp3) is 0.526. The Morgan fingerprint density at radius 3 is 3.00 bits per heavy atom. The van der Waals surface area contributed by atoms with Gasteiger partial charge in [-0.1, -0.05) is 18.2 Å². The van der Waals surface area contributed by atoms with Crippen LogP contribution in [0.5, 0.6) is 0 Å². The summed E-state index contributed by atoms with van der Waals surface area (Å²) >= 11 is 0. The van der Waals surface area contributed by atoms with Gasteiger partial charge in [0.15, 0.2) is 0 Å². The maximum absolute atomic E-state index is 13.0. The zero-order valence-corrected chi connectivity index (χ0v) is 14.3. The lowest BCUT2D eigenvalue weighted by Crippen LogP contribution is -2.51. The summed E-state index contributed by atoms with van der Waals surface area (Å²) in [5, 5.41) is 1.09. The number of hydrogen-bond acceptors (Lipinski definition) is 3. The van der Waals surface area contributed by atoms with Crippen LogP contribution < -0.4 is 0 Å². The van der Waals surface area contributed by atoms with Crippen molar-refractivity contribution in [3.63, 3.8) is 0 Å². The number of aromatic amines is 1. The predicted octanol–water partition coefficient (Wildman–Crippen LogP) is 2.35. The van der Waals surface area contributed by atoms with Crippen LogP contribution in [0.25, 0.3) is 10.9 Å². The van der Waals surface area contributed by atoms with Gasteiger partial charge in [-0.3, -0.25) is 4.79 Å². The van der Waals surface area contributed by atoms with Gasteiger partial charge in [-0.2, -0.15) is 0 Å². The Hall–Kier alpha value is -1.85. The molecule has 2 fully saturated rings. The van der Waals surface area contributed by atoms with Crippen LogP contribution in [0.3, 0.4) is 0 Å². The highest BCUT2D eigenvalue weighted by Gasteiger charge is 2.39. The zero-order chi connectivity index (χ0) is 16.6. The summed E-state index contributed by atoms with van der Waals surface area (Å²) < 4.78 is 5.85. The third kappa shape index (κ3) is 2.94. The van der Waals surface area contributed by atoms with E-state index in [-0.39, 0.29) is 11.3 Å². The minimum atomic E-state index is 0.0746. The zero-order valence-electron chi connectivity index (χ0n) is 14.3. The number of amides is 1. The van der Waals surface area contributed by atoms with E-state index in [1.54, 1.807) is 0 Å². The molecule has 2 aliphatic rings. The molecule has 0 saturated carbocycles. The number of nitrogens with zero attached hydrogens (tertiary/aromatic N) is 2. The van der Waals surface area contributed by atoms with E-state index in [4.69, 9.17) is 4.74 Å². The first-order valence-corrected chi connectivity index (χ1v) is 8.79. The molecule has 1 aromatic heterocycles. The lowest BCUT2D eigenvalue weighted by atomic mass is 9.80. The molecule has 1 atom stereocenters. The fourth-order valence-electron chi connectivity index (χ4n) is 4.19. The number of para-hydroxylation sites is 1. The molecular formula is C19H25N3O2. The minimum Gasteiger partial charge on any atom is -0.379 e. The molecule has 1 aromatic carbocycles. The summed E-state index contributed by atoms with van der Waals surface area (Å²) in [5.41, 5.74) is 1.78. The molecule has 4 rings (SSSR count). The van der Waals surface area contributed by atoms with E-state index in [0.717, 1.165) is 63.1 Å². The molecule has 0 bridgehead atoms. The molecule has 128 valence electrons. The van der Waals surface area contributed by atoms with Crippen molar-refractivity contribution in [1.29, 1.82) is 0 Å². The summed E-state index contributed by atoms with van der Waals surface area (Å²) in [6.07, 6.45) is 2.18. The number of rotatable bonds is 1. The van der Waals surface area contributed by atoms with Gasteiger partial charge in [-0.15, -0.1) is 0 Å². The first-order chi connectivity index (χ1) is 11.7. The standard InChI is InChI=1S/C19H25N3O2/c1-21-9-10-24-14-19(12-21)7-4-8-22(13-19)18(23)17-11-15-5-2-3-6-16(15)20-17/h2-3,5-6,11,20H,4,7-10,12-14H2,1H3/t19-/m1/s1. The lowest BCUT2D eigenvalue weighted by molar-refractivity contribution is 0.00841. The van der Waals surface area contributed by atoms with Crippen LogP contribution >= 0.6 is 0 Å². The van der Waals surface area contributed by atoms with Gasteiger partial charge in [0.25, 0.3) is 5.91 Å². The van der Waals surface area contributed by atoms with E-state index < -0.39 is 0 Å². The van der Waals surface area contributed by atoms with E-state index in [0.29, 0.717) is 5.69 Å². The highest BCUT2D eigenvalue weighted by Crippen LogP contribution is 2.33. The molecule has 0 aliphatic carbocycles. The van der Waals surface area contributed by atoms with Crippen LogP contribution in [0.2, 0.25) is 0 Å². The second kappa shape index (κ2) is 6.22. The number of carbonyl (C=O) groups is 1. The average Bonchev–Trinajstić information content (AvgIpc) is 2.94. The van der Waals surface area contributed by atoms with Gasteiger partial charge < -0.3 is 19.5 Å². The normalized spacial score (nSPS) is 26.0. The molecule has 2 aliphatic heterocycles. The smallest absolute Gasteiger partial charge is 0.270 e. The van der Waals surface area contributed by atoms with Crippen molar-refractivity contribution in [3.8, 4) is 0 Å². The Morgan fingerprint density at radius 1 is 1.25 bits per heavy atom. The Labute approximate surface area is 142 Å². The van der Waals surface area contributed by atoms with Crippen molar-refractivity contribution < 1.29 is 9.53 Å². The molecule has 0 radical (unpaired) electrons. The number of likely N-dealkylation sites (tertiary alicyclic amines) is 1. The van der Waals surface area contributed by atoms with Gasteiger partial charge in [0.2, 0.25) is 0 Å². The molecular weight excluding hydrogens is 302 g/mol. The highest BCUT2D eigenvalue weighted by molar-refractivity contribution is 5.98. The van der Waals surface area contributed by atoms with Crippen LogP contribution in [0.4, 0.5) is 0 Å². The number of H-pyrrole nitrogens is 1.